The second-order valence-corrected chi connectivity index (χ2v) is 9.08. The van der Waals surface area contributed by atoms with Crippen molar-refractivity contribution >= 4 is 11.9 Å². The quantitative estimate of drug-likeness (QED) is 0.590. The Labute approximate surface area is 159 Å². The molecule has 1 N–H and O–H groups in total. The van der Waals surface area contributed by atoms with Gasteiger partial charge in [-0.3, -0.25) is 9.59 Å². The number of fused-ring (bicyclic) bond motifs is 2. The van der Waals surface area contributed by atoms with E-state index in [0.717, 1.165) is 25.7 Å². The maximum atomic E-state index is 12.2. The van der Waals surface area contributed by atoms with Gasteiger partial charge in [-0.1, -0.05) is 13.8 Å². The van der Waals surface area contributed by atoms with Gasteiger partial charge < -0.3 is 14.6 Å². The van der Waals surface area contributed by atoms with Gasteiger partial charge in [0.25, 0.3) is 0 Å². The second-order valence-electron chi connectivity index (χ2n) is 9.08. The molecule has 4 unspecified atom stereocenters. The highest BCUT2D eigenvalue weighted by Crippen LogP contribution is 2.61. The molecule has 5 rings (SSSR count). The molecule has 152 valence electrons. The van der Waals surface area contributed by atoms with E-state index in [2.05, 4.69) is 13.8 Å². The fraction of sp³-hybridized carbons (Fsp3) is 0.900. The molecule has 0 aromatic rings. The van der Waals surface area contributed by atoms with E-state index < -0.39 is 23.3 Å². The molecule has 7 heteroatoms. The van der Waals surface area contributed by atoms with Gasteiger partial charge in [0.15, 0.2) is 5.79 Å². The minimum absolute atomic E-state index is 0.100. The van der Waals surface area contributed by atoms with Crippen molar-refractivity contribution in [2.45, 2.75) is 89.3 Å². The number of hydrogen-bond acceptors (Lipinski definition) is 6. The van der Waals surface area contributed by atoms with Crippen LogP contribution < -0.4 is 0 Å². The third-order valence-corrected chi connectivity index (χ3v) is 7.44. The maximum Gasteiger partial charge on any atom is 0.306 e. The van der Waals surface area contributed by atoms with Gasteiger partial charge in [-0.05, 0) is 43.9 Å². The number of rotatable bonds is 4. The topological polar surface area (TPSA) is 91.3 Å². The number of ether oxygens (including phenoxy) is 2. The first-order chi connectivity index (χ1) is 12.7. The average molecular weight is 382 g/mol. The van der Waals surface area contributed by atoms with E-state index in [1.54, 1.807) is 0 Å². The molecule has 3 aliphatic heterocycles. The zero-order valence-corrected chi connectivity index (χ0v) is 16.3. The Morgan fingerprint density at radius 1 is 1.11 bits per heavy atom. The van der Waals surface area contributed by atoms with Crippen LogP contribution in [0.3, 0.4) is 0 Å². The summed E-state index contributed by atoms with van der Waals surface area (Å²) in [6, 6.07) is 0. The number of carbonyl (C=O) groups excluding carboxylic acids is 1. The number of aliphatic carboxylic acids is 1. The molecule has 7 nitrogen and oxygen atoms in total. The lowest BCUT2D eigenvalue weighted by Gasteiger charge is -2.60. The van der Waals surface area contributed by atoms with E-state index in [1.165, 1.54) is 0 Å². The summed E-state index contributed by atoms with van der Waals surface area (Å²) in [6.07, 6.45) is 3.72. The van der Waals surface area contributed by atoms with E-state index in [1.807, 2.05) is 6.92 Å². The number of carboxylic acids is 1. The van der Waals surface area contributed by atoms with Crippen molar-refractivity contribution < 1.29 is 33.9 Å². The molecule has 0 aromatic heterocycles. The first-order valence-electron chi connectivity index (χ1n) is 10.2. The predicted molar refractivity (Wildman–Crippen MR) is 93.3 cm³/mol. The fourth-order valence-electron chi connectivity index (χ4n) is 6.03. The van der Waals surface area contributed by atoms with Crippen LogP contribution in [0.15, 0.2) is 0 Å². The molecule has 5 aliphatic rings. The lowest BCUT2D eigenvalue weighted by Crippen LogP contribution is -2.69. The van der Waals surface area contributed by atoms with E-state index in [4.69, 9.17) is 24.4 Å². The van der Waals surface area contributed by atoms with Gasteiger partial charge in [-0.25, -0.2) is 9.78 Å². The zero-order chi connectivity index (χ0) is 19.4. The molecule has 27 heavy (non-hydrogen) atoms. The molecule has 2 bridgehead atoms. The molecule has 5 fully saturated rings. The van der Waals surface area contributed by atoms with Crippen molar-refractivity contribution in [3.63, 3.8) is 0 Å². The van der Waals surface area contributed by atoms with Gasteiger partial charge in [-0.2, -0.15) is 0 Å². The first-order valence-corrected chi connectivity index (χ1v) is 10.2. The molecular weight excluding hydrogens is 352 g/mol. The normalized spacial score (nSPS) is 48.4. The SMILES string of the molecule is CC1CC[C@H]2[C@@H](C)C(OC(=O)CCC(=O)O)CC3O[C@]4(C)CC[C@@H]1C32OO4. The summed E-state index contributed by atoms with van der Waals surface area (Å²) >= 11 is 0. The van der Waals surface area contributed by atoms with Crippen LogP contribution >= 0.6 is 0 Å². The summed E-state index contributed by atoms with van der Waals surface area (Å²) in [5.41, 5.74) is -0.475. The first kappa shape index (κ1) is 19.2. The van der Waals surface area contributed by atoms with Gasteiger partial charge in [0, 0.05) is 18.8 Å². The van der Waals surface area contributed by atoms with Crippen molar-refractivity contribution in [2.75, 3.05) is 0 Å². The summed E-state index contributed by atoms with van der Waals surface area (Å²) in [5.74, 6) is -0.981. The van der Waals surface area contributed by atoms with Crippen LogP contribution in [-0.2, 0) is 28.8 Å². The Morgan fingerprint density at radius 2 is 1.89 bits per heavy atom. The van der Waals surface area contributed by atoms with Crippen LogP contribution in [0.4, 0.5) is 0 Å². The Morgan fingerprint density at radius 3 is 2.63 bits per heavy atom. The van der Waals surface area contributed by atoms with Crippen molar-refractivity contribution in [2.24, 2.45) is 23.7 Å². The maximum absolute atomic E-state index is 12.2. The van der Waals surface area contributed by atoms with E-state index in [0.29, 0.717) is 18.3 Å². The smallest absolute Gasteiger partial charge is 0.306 e. The Bertz CT molecular complexity index is 621. The summed E-state index contributed by atoms with van der Waals surface area (Å²) < 4.78 is 12.1. The monoisotopic (exact) mass is 382 g/mol. The molecule has 2 saturated carbocycles. The molecule has 0 aromatic carbocycles. The summed E-state index contributed by atoms with van der Waals surface area (Å²) in [4.78, 5) is 34.8. The van der Waals surface area contributed by atoms with Crippen LogP contribution in [0.5, 0.6) is 0 Å². The lowest BCUT2D eigenvalue weighted by atomic mass is 9.53. The van der Waals surface area contributed by atoms with Crippen molar-refractivity contribution in [3.05, 3.63) is 0 Å². The van der Waals surface area contributed by atoms with Crippen LogP contribution in [0.2, 0.25) is 0 Å². The zero-order valence-electron chi connectivity index (χ0n) is 16.3. The molecule has 8 atom stereocenters. The van der Waals surface area contributed by atoms with Gasteiger partial charge in [-0.15, -0.1) is 0 Å². The van der Waals surface area contributed by atoms with Crippen LogP contribution in [0.1, 0.15) is 65.7 Å². The van der Waals surface area contributed by atoms with Crippen molar-refractivity contribution in [1.29, 1.82) is 0 Å². The number of carbonyl (C=O) groups is 2. The summed E-state index contributed by atoms with van der Waals surface area (Å²) in [5, 5.41) is 8.79. The van der Waals surface area contributed by atoms with Crippen molar-refractivity contribution in [3.8, 4) is 0 Å². The molecular formula is C20H30O7. The third-order valence-electron chi connectivity index (χ3n) is 7.44. The lowest BCUT2D eigenvalue weighted by molar-refractivity contribution is -0.540. The molecule has 0 amide bonds. The molecule has 2 aliphatic carbocycles. The predicted octanol–water partition coefficient (Wildman–Crippen LogP) is 3.06. The minimum atomic E-state index is -0.991. The van der Waals surface area contributed by atoms with E-state index in [-0.39, 0.29) is 36.9 Å². The van der Waals surface area contributed by atoms with Crippen LogP contribution in [0.25, 0.3) is 0 Å². The number of hydrogen-bond donors (Lipinski definition) is 1. The highest BCUT2D eigenvalue weighted by Gasteiger charge is 2.68. The number of carboxylic acid groups (broad SMARTS) is 1. The van der Waals surface area contributed by atoms with Gasteiger partial charge in [0.1, 0.15) is 11.7 Å². The van der Waals surface area contributed by atoms with Crippen molar-refractivity contribution in [1.82, 2.24) is 0 Å². The average Bonchev–Trinajstić information content (AvgIpc) is 2.84. The Hall–Kier alpha value is -1.18. The van der Waals surface area contributed by atoms with Crippen LogP contribution in [0, 0.1) is 23.7 Å². The standard InChI is InChI=1S/C20H30O7/c1-11-4-5-14-12(2)15(24-18(23)7-6-17(21)22)10-16-20(14)13(11)8-9-19(3,25-16)26-27-20/h11-16H,4-10H2,1-3H3,(H,21,22)/t11?,12-,13+,14+,15?,16?,19+,20?/m1/s1. The summed E-state index contributed by atoms with van der Waals surface area (Å²) in [6.45, 7) is 6.32. The highest BCUT2D eigenvalue weighted by molar-refractivity contribution is 5.76. The molecule has 0 radical (unpaired) electrons. The van der Waals surface area contributed by atoms with E-state index >= 15 is 0 Å². The number of esters is 1. The molecule has 3 heterocycles. The molecule has 3 saturated heterocycles. The second kappa shape index (κ2) is 6.71. The fourth-order valence-corrected chi connectivity index (χ4v) is 6.03. The highest BCUT2D eigenvalue weighted by atomic mass is 17.3. The van der Waals surface area contributed by atoms with Crippen LogP contribution in [-0.4, -0.2) is 40.6 Å². The third kappa shape index (κ3) is 3.08. The minimum Gasteiger partial charge on any atom is -0.481 e. The summed E-state index contributed by atoms with van der Waals surface area (Å²) in [7, 11) is 0. The Kier molecular flexibility index (Phi) is 4.76. The molecule has 1 spiro atoms. The van der Waals surface area contributed by atoms with E-state index in [9.17, 15) is 9.59 Å². The van der Waals surface area contributed by atoms with Gasteiger partial charge >= 0.3 is 11.9 Å². The largest absolute Gasteiger partial charge is 0.481 e. The van der Waals surface area contributed by atoms with Gasteiger partial charge in [0.2, 0.25) is 0 Å². The van der Waals surface area contributed by atoms with Gasteiger partial charge in [0.05, 0.1) is 18.9 Å². The Balaban J connectivity index is 1.58.